The van der Waals surface area contributed by atoms with Crippen molar-refractivity contribution < 1.29 is 5.11 Å². The molecule has 0 spiro atoms. The van der Waals surface area contributed by atoms with Crippen molar-refractivity contribution in [1.29, 1.82) is 0 Å². The van der Waals surface area contributed by atoms with Crippen molar-refractivity contribution >= 4 is 5.69 Å². The third-order valence-corrected chi connectivity index (χ3v) is 5.18. The van der Waals surface area contributed by atoms with Crippen LogP contribution in [-0.4, -0.2) is 39.7 Å². The standard InChI is InChI=1S/C16H25N3O/c17-14-5-8-18-12-13(14)11-15(20)16(6-1-2-7-16)19-9-3-4-10-19/h5,8,12,15,20H,1-4,6-7,9-11H2,(H2,17,18). The summed E-state index contributed by atoms with van der Waals surface area (Å²) in [5, 5.41) is 10.9. The molecule has 1 atom stereocenters. The molecule has 0 aromatic carbocycles. The Balaban J connectivity index is 1.79. The molecule has 2 aliphatic rings. The van der Waals surface area contributed by atoms with Crippen LogP contribution in [0.4, 0.5) is 5.69 Å². The van der Waals surface area contributed by atoms with Gasteiger partial charge in [0.05, 0.1) is 6.10 Å². The minimum atomic E-state index is -0.338. The molecule has 1 aliphatic heterocycles. The summed E-state index contributed by atoms with van der Waals surface area (Å²) in [7, 11) is 0. The van der Waals surface area contributed by atoms with Crippen LogP contribution in [0.15, 0.2) is 18.5 Å². The molecule has 1 unspecified atom stereocenters. The summed E-state index contributed by atoms with van der Waals surface area (Å²) in [5.41, 5.74) is 7.71. The summed E-state index contributed by atoms with van der Waals surface area (Å²) in [6.45, 7) is 2.28. The van der Waals surface area contributed by atoms with E-state index in [-0.39, 0.29) is 11.6 Å². The largest absolute Gasteiger partial charge is 0.398 e. The van der Waals surface area contributed by atoms with E-state index in [1.54, 1.807) is 12.4 Å². The van der Waals surface area contributed by atoms with Gasteiger partial charge in [0.25, 0.3) is 0 Å². The molecule has 1 aliphatic carbocycles. The Morgan fingerprint density at radius 2 is 1.95 bits per heavy atom. The average molecular weight is 275 g/mol. The van der Waals surface area contributed by atoms with Crippen LogP contribution in [0.5, 0.6) is 0 Å². The Hall–Kier alpha value is -1.13. The first-order valence-electron chi connectivity index (χ1n) is 7.84. The van der Waals surface area contributed by atoms with Gasteiger partial charge in [-0.15, -0.1) is 0 Å². The van der Waals surface area contributed by atoms with Gasteiger partial charge < -0.3 is 10.8 Å². The molecule has 1 saturated heterocycles. The Morgan fingerprint density at radius 1 is 1.25 bits per heavy atom. The molecule has 20 heavy (non-hydrogen) atoms. The van der Waals surface area contributed by atoms with Gasteiger partial charge in [-0.05, 0) is 50.4 Å². The highest BCUT2D eigenvalue weighted by molar-refractivity contribution is 5.44. The predicted molar refractivity (Wildman–Crippen MR) is 80.4 cm³/mol. The fourth-order valence-electron chi connectivity index (χ4n) is 4.02. The van der Waals surface area contributed by atoms with E-state index in [0.717, 1.165) is 37.2 Å². The number of pyridine rings is 1. The van der Waals surface area contributed by atoms with Crippen molar-refractivity contribution in [2.75, 3.05) is 18.8 Å². The molecule has 3 rings (SSSR count). The minimum absolute atomic E-state index is 0.0151. The maximum absolute atomic E-state index is 10.9. The number of nitrogen functional groups attached to an aromatic ring is 1. The summed E-state index contributed by atoms with van der Waals surface area (Å²) in [5.74, 6) is 0. The van der Waals surface area contributed by atoms with Gasteiger partial charge in [-0.25, -0.2) is 0 Å². The van der Waals surface area contributed by atoms with Gasteiger partial charge in [-0.1, -0.05) is 12.8 Å². The van der Waals surface area contributed by atoms with E-state index in [1.165, 1.54) is 25.7 Å². The molecule has 1 aromatic heterocycles. The first-order chi connectivity index (χ1) is 9.72. The predicted octanol–water partition coefficient (Wildman–Crippen LogP) is 1.98. The van der Waals surface area contributed by atoms with Crippen LogP contribution in [0, 0.1) is 0 Å². The van der Waals surface area contributed by atoms with Crippen LogP contribution in [0.25, 0.3) is 0 Å². The minimum Gasteiger partial charge on any atom is -0.398 e. The Bertz CT molecular complexity index is 451. The molecular formula is C16H25N3O. The molecule has 4 nitrogen and oxygen atoms in total. The topological polar surface area (TPSA) is 62.4 Å². The van der Waals surface area contributed by atoms with E-state index in [1.807, 2.05) is 6.07 Å². The van der Waals surface area contributed by atoms with Crippen molar-refractivity contribution in [1.82, 2.24) is 9.88 Å². The van der Waals surface area contributed by atoms with E-state index in [0.29, 0.717) is 6.42 Å². The molecule has 0 bridgehead atoms. The molecule has 4 heteroatoms. The lowest BCUT2D eigenvalue weighted by Crippen LogP contribution is -2.54. The summed E-state index contributed by atoms with van der Waals surface area (Å²) >= 11 is 0. The number of aromatic nitrogens is 1. The van der Waals surface area contributed by atoms with Crippen LogP contribution in [0.3, 0.4) is 0 Å². The van der Waals surface area contributed by atoms with Crippen molar-refractivity contribution in [2.24, 2.45) is 0 Å². The van der Waals surface area contributed by atoms with E-state index < -0.39 is 0 Å². The van der Waals surface area contributed by atoms with Gasteiger partial charge in [0.2, 0.25) is 0 Å². The van der Waals surface area contributed by atoms with Crippen LogP contribution >= 0.6 is 0 Å². The molecule has 1 saturated carbocycles. The summed E-state index contributed by atoms with van der Waals surface area (Å²) < 4.78 is 0. The highest BCUT2D eigenvalue weighted by atomic mass is 16.3. The number of aliphatic hydroxyl groups is 1. The van der Waals surface area contributed by atoms with Gasteiger partial charge in [0, 0.05) is 30.0 Å². The third kappa shape index (κ3) is 2.42. The number of hydrogen-bond acceptors (Lipinski definition) is 4. The fourth-order valence-corrected chi connectivity index (χ4v) is 4.02. The monoisotopic (exact) mass is 275 g/mol. The molecule has 1 aromatic rings. The number of nitrogens with zero attached hydrogens (tertiary/aromatic N) is 2. The molecular weight excluding hydrogens is 250 g/mol. The normalized spacial score (nSPS) is 24.1. The Morgan fingerprint density at radius 3 is 2.60 bits per heavy atom. The second-order valence-corrected chi connectivity index (χ2v) is 6.30. The lowest BCUT2D eigenvalue weighted by molar-refractivity contribution is -0.0171. The van der Waals surface area contributed by atoms with E-state index in [2.05, 4.69) is 9.88 Å². The van der Waals surface area contributed by atoms with E-state index in [4.69, 9.17) is 5.73 Å². The van der Waals surface area contributed by atoms with Crippen LogP contribution in [0.1, 0.15) is 44.1 Å². The number of likely N-dealkylation sites (tertiary alicyclic amines) is 1. The van der Waals surface area contributed by atoms with Crippen LogP contribution < -0.4 is 5.73 Å². The zero-order valence-electron chi connectivity index (χ0n) is 12.1. The lowest BCUT2D eigenvalue weighted by Gasteiger charge is -2.43. The number of nitrogens with two attached hydrogens (primary N) is 1. The van der Waals surface area contributed by atoms with Crippen molar-refractivity contribution in [2.45, 2.75) is 56.6 Å². The number of hydrogen-bond donors (Lipinski definition) is 2. The maximum atomic E-state index is 10.9. The highest BCUT2D eigenvalue weighted by Gasteiger charge is 2.46. The average Bonchev–Trinajstić information content (AvgIpc) is 3.12. The number of aliphatic hydroxyl groups excluding tert-OH is 1. The summed E-state index contributed by atoms with van der Waals surface area (Å²) in [6.07, 6.45) is 11.0. The van der Waals surface area contributed by atoms with Crippen LogP contribution in [0.2, 0.25) is 0 Å². The highest BCUT2D eigenvalue weighted by Crippen LogP contribution is 2.41. The molecule has 110 valence electrons. The zero-order chi connectivity index (χ0) is 14.0. The Labute approximate surface area is 121 Å². The van der Waals surface area contributed by atoms with Gasteiger partial charge in [0.15, 0.2) is 0 Å². The molecule has 0 radical (unpaired) electrons. The van der Waals surface area contributed by atoms with Gasteiger partial charge in [-0.3, -0.25) is 9.88 Å². The van der Waals surface area contributed by atoms with E-state index >= 15 is 0 Å². The van der Waals surface area contributed by atoms with Gasteiger partial charge >= 0.3 is 0 Å². The number of anilines is 1. The van der Waals surface area contributed by atoms with Gasteiger partial charge in [-0.2, -0.15) is 0 Å². The zero-order valence-corrected chi connectivity index (χ0v) is 12.1. The summed E-state index contributed by atoms with van der Waals surface area (Å²) in [6, 6.07) is 1.82. The Kier molecular flexibility index (Phi) is 3.94. The van der Waals surface area contributed by atoms with E-state index in [9.17, 15) is 5.11 Å². The maximum Gasteiger partial charge on any atom is 0.0765 e. The molecule has 3 N–H and O–H groups in total. The third-order valence-electron chi connectivity index (χ3n) is 5.18. The second-order valence-electron chi connectivity index (χ2n) is 6.30. The molecule has 0 amide bonds. The van der Waals surface area contributed by atoms with Crippen molar-refractivity contribution in [3.05, 3.63) is 24.0 Å². The molecule has 2 fully saturated rings. The second kappa shape index (κ2) is 5.70. The summed E-state index contributed by atoms with van der Waals surface area (Å²) in [4.78, 5) is 6.68. The van der Waals surface area contributed by atoms with Crippen LogP contribution in [-0.2, 0) is 6.42 Å². The molecule has 2 heterocycles. The smallest absolute Gasteiger partial charge is 0.0765 e. The lowest BCUT2D eigenvalue weighted by atomic mass is 9.85. The quantitative estimate of drug-likeness (QED) is 0.882. The first kappa shape index (κ1) is 13.8. The van der Waals surface area contributed by atoms with Crippen molar-refractivity contribution in [3.8, 4) is 0 Å². The first-order valence-corrected chi connectivity index (χ1v) is 7.84. The van der Waals surface area contributed by atoms with Crippen molar-refractivity contribution in [3.63, 3.8) is 0 Å². The fraction of sp³-hybridized carbons (Fsp3) is 0.688. The SMILES string of the molecule is Nc1ccncc1CC(O)C1(N2CCCC2)CCCC1. The van der Waals surface area contributed by atoms with Gasteiger partial charge in [0.1, 0.15) is 0 Å². The number of rotatable bonds is 4.